The maximum atomic E-state index is 11.7. The minimum Gasteiger partial charge on any atom is -0.481 e. The van der Waals surface area contributed by atoms with Crippen molar-refractivity contribution in [1.29, 1.82) is 0 Å². The highest BCUT2D eigenvalue weighted by molar-refractivity contribution is 5.86. The number of carbonyl (C=O) groups excluding carboxylic acids is 1. The highest BCUT2D eigenvalue weighted by atomic mass is 19.4. The van der Waals surface area contributed by atoms with E-state index < -0.39 is 24.7 Å². The van der Waals surface area contributed by atoms with Crippen molar-refractivity contribution in [2.45, 2.75) is 12.6 Å². The van der Waals surface area contributed by atoms with Crippen LogP contribution < -0.4 is 0 Å². The molecule has 0 aromatic heterocycles. The summed E-state index contributed by atoms with van der Waals surface area (Å²) < 4.78 is 39.5. The van der Waals surface area contributed by atoms with E-state index in [0.717, 1.165) is 0 Å². The number of nitrogens with zero attached hydrogens (tertiary/aromatic N) is 1. The normalized spacial score (nSPS) is 21.0. The van der Waals surface area contributed by atoms with Gasteiger partial charge in [-0.05, 0) is 0 Å². The molecule has 17 heavy (non-hydrogen) atoms. The first kappa shape index (κ1) is 13.8. The number of aliphatic carboxylic acids is 1. The molecule has 1 amide bonds. The molecule has 0 aromatic carbocycles. The van der Waals surface area contributed by atoms with Gasteiger partial charge in [-0.2, -0.15) is 13.2 Å². The molecule has 8 heteroatoms. The minimum absolute atomic E-state index is 0.0152. The summed E-state index contributed by atoms with van der Waals surface area (Å²) in [5.74, 6) is -2.21. The third-order valence-corrected chi connectivity index (χ3v) is 2.34. The number of alkyl halides is 3. The number of carbonyl (C=O) groups is 2. The molecule has 1 heterocycles. The maximum Gasteiger partial charge on any atom is 0.411 e. The monoisotopic (exact) mass is 255 g/mol. The van der Waals surface area contributed by atoms with Crippen LogP contribution in [-0.4, -0.2) is 54.4 Å². The number of carboxylic acids is 1. The van der Waals surface area contributed by atoms with Gasteiger partial charge in [-0.3, -0.25) is 9.59 Å². The first-order valence-electron chi connectivity index (χ1n) is 4.94. The third-order valence-electron chi connectivity index (χ3n) is 2.34. The lowest BCUT2D eigenvalue weighted by atomic mass is 10.1. The second-order valence-corrected chi connectivity index (χ2v) is 3.75. The summed E-state index contributed by atoms with van der Waals surface area (Å²) in [6.45, 7) is -1.60. The Balaban J connectivity index is 2.24. The number of rotatable bonds is 5. The van der Waals surface area contributed by atoms with E-state index in [2.05, 4.69) is 4.74 Å². The van der Waals surface area contributed by atoms with Gasteiger partial charge in [-0.15, -0.1) is 0 Å². The molecule has 1 saturated heterocycles. The zero-order valence-corrected chi connectivity index (χ0v) is 8.87. The molecule has 0 aromatic rings. The average Bonchev–Trinajstić information content (AvgIpc) is 2.54. The number of ether oxygens (including phenoxy) is 1. The second-order valence-electron chi connectivity index (χ2n) is 3.75. The molecule has 0 saturated carbocycles. The molecule has 98 valence electrons. The Morgan fingerprint density at radius 3 is 2.65 bits per heavy atom. The number of hydrogen-bond acceptors (Lipinski definition) is 3. The summed E-state index contributed by atoms with van der Waals surface area (Å²) in [5, 5.41) is 8.67. The molecular weight excluding hydrogens is 243 g/mol. The van der Waals surface area contributed by atoms with Crippen LogP contribution in [0, 0.1) is 5.92 Å². The van der Waals surface area contributed by atoms with Gasteiger partial charge in [0, 0.05) is 19.5 Å². The first-order valence-corrected chi connectivity index (χ1v) is 4.94. The summed E-state index contributed by atoms with van der Waals surface area (Å²) in [5.41, 5.74) is 0. The Labute approximate surface area is 95.1 Å². The molecule has 0 aliphatic carbocycles. The maximum absolute atomic E-state index is 11.7. The predicted molar refractivity (Wildman–Crippen MR) is 49.2 cm³/mol. The van der Waals surface area contributed by atoms with E-state index in [9.17, 15) is 22.8 Å². The lowest BCUT2D eigenvalue weighted by molar-refractivity contribution is -0.174. The van der Waals surface area contributed by atoms with E-state index in [1.165, 1.54) is 4.90 Å². The van der Waals surface area contributed by atoms with E-state index in [1.807, 2.05) is 0 Å². The number of amides is 1. The van der Waals surface area contributed by atoms with Crippen LogP contribution in [0.5, 0.6) is 0 Å². The fraction of sp³-hybridized carbons (Fsp3) is 0.778. The Bertz CT molecular complexity index is 305. The number of halogens is 3. The molecule has 1 atom stereocenters. The Hall–Kier alpha value is -1.31. The topological polar surface area (TPSA) is 66.8 Å². The molecular formula is C9H12F3NO4. The van der Waals surface area contributed by atoms with Crippen molar-refractivity contribution in [1.82, 2.24) is 4.90 Å². The number of likely N-dealkylation sites (tertiary alicyclic amines) is 1. The number of hydrogen-bond donors (Lipinski definition) is 1. The van der Waals surface area contributed by atoms with E-state index in [-0.39, 0.29) is 32.0 Å². The molecule has 1 unspecified atom stereocenters. The summed E-state index contributed by atoms with van der Waals surface area (Å²) >= 11 is 0. The van der Waals surface area contributed by atoms with E-state index >= 15 is 0 Å². The van der Waals surface area contributed by atoms with Crippen molar-refractivity contribution in [3.63, 3.8) is 0 Å². The van der Waals surface area contributed by atoms with Gasteiger partial charge < -0.3 is 14.7 Å². The molecule has 1 aliphatic rings. The van der Waals surface area contributed by atoms with Crippen LogP contribution in [0.2, 0.25) is 0 Å². The van der Waals surface area contributed by atoms with Gasteiger partial charge in [-0.1, -0.05) is 0 Å². The second kappa shape index (κ2) is 5.35. The van der Waals surface area contributed by atoms with Crippen LogP contribution in [0.1, 0.15) is 6.42 Å². The summed E-state index contributed by atoms with van der Waals surface area (Å²) in [6.07, 6.45) is -4.49. The van der Waals surface area contributed by atoms with Gasteiger partial charge in [0.1, 0.15) is 6.61 Å². The van der Waals surface area contributed by atoms with E-state index in [0.29, 0.717) is 0 Å². The molecule has 5 nitrogen and oxygen atoms in total. The van der Waals surface area contributed by atoms with Crippen molar-refractivity contribution in [2.24, 2.45) is 5.92 Å². The third kappa shape index (κ3) is 4.59. The zero-order chi connectivity index (χ0) is 13.1. The summed E-state index contributed by atoms with van der Waals surface area (Å²) in [4.78, 5) is 23.1. The highest BCUT2D eigenvalue weighted by Crippen LogP contribution is 2.18. The molecule has 0 spiro atoms. The molecule has 0 bridgehead atoms. The predicted octanol–water partition coefficient (Wildman–Crippen LogP) is 0.498. The summed E-state index contributed by atoms with van der Waals surface area (Å²) in [7, 11) is 0. The fourth-order valence-electron chi connectivity index (χ4n) is 1.52. The van der Waals surface area contributed by atoms with Gasteiger partial charge >= 0.3 is 12.1 Å². The average molecular weight is 255 g/mol. The van der Waals surface area contributed by atoms with Gasteiger partial charge in [0.2, 0.25) is 5.91 Å². The Morgan fingerprint density at radius 1 is 1.53 bits per heavy atom. The van der Waals surface area contributed by atoms with Crippen molar-refractivity contribution in [3.8, 4) is 0 Å². The van der Waals surface area contributed by atoms with Crippen molar-refractivity contribution in [3.05, 3.63) is 0 Å². The van der Waals surface area contributed by atoms with Crippen LogP contribution in [0.4, 0.5) is 13.2 Å². The first-order chi connectivity index (χ1) is 7.79. The Morgan fingerprint density at radius 2 is 2.18 bits per heavy atom. The largest absolute Gasteiger partial charge is 0.481 e. The van der Waals surface area contributed by atoms with Crippen LogP contribution in [0.25, 0.3) is 0 Å². The van der Waals surface area contributed by atoms with E-state index in [4.69, 9.17) is 5.11 Å². The van der Waals surface area contributed by atoms with Gasteiger partial charge in [0.25, 0.3) is 0 Å². The van der Waals surface area contributed by atoms with Crippen LogP contribution in [0.15, 0.2) is 0 Å². The van der Waals surface area contributed by atoms with Crippen molar-refractivity contribution >= 4 is 11.9 Å². The van der Waals surface area contributed by atoms with Crippen LogP contribution in [0.3, 0.4) is 0 Å². The van der Waals surface area contributed by atoms with Crippen molar-refractivity contribution in [2.75, 3.05) is 26.3 Å². The van der Waals surface area contributed by atoms with Gasteiger partial charge in [-0.25, -0.2) is 0 Å². The van der Waals surface area contributed by atoms with Crippen LogP contribution >= 0.6 is 0 Å². The lowest BCUT2D eigenvalue weighted by Crippen LogP contribution is -2.31. The van der Waals surface area contributed by atoms with Gasteiger partial charge in [0.15, 0.2) is 0 Å². The molecule has 0 radical (unpaired) electrons. The molecule has 1 rings (SSSR count). The zero-order valence-electron chi connectivity index (χ0n) is 8.87. The SMILES string of the molecule is O=C(O)C1CC(=O)N(CCOCC(F)(F)F)C1. The Kier molecular flexibility index (Phi) is 4.33. The fourth-order valence-corrected chi connectivity index (χ4v) is 1.52. The van der Waals surface area contributed by atoms with Crippen LogP contribution in [-0.2, 0) is 14.3 Å². The molecule has 1 aliphatic heterocycles. The van der Waals surface area contributed by atoms with Crippen molar-refractivity contribution < 1.29 is 32.6 Å². The quantitative estimate of drug-likeness (QED) is 0.726. The molecule has 1 fully saturated rings. The smallest absolute Gasteiger partial charge is 0.411 e. The standard InChI is InChI=1S/C9H12F3NO4/c10-9(11,12)5-17-2-1-13-4-6(8(15)16)3-7(13)14/h6H,1-5H2,(H,15,16). The highest BCUT2D eigenvalue weighted by Gasteiger charge is 2.34. The summed E-state index contributed by atoms with van der Waals surface area (Å²) in [6, 6.07) is 0. The van der Waals surface area contributed by atoms with Gasteiger partial charge in [0.05, 0.1) is 12.5 Å². The number of carboxylic acid groups (broad SMARTS) is 1. The van der Waals surface area contributed by atoms with E-state index in [1.54, 1.807) is 0 Å². The molecule has 1 N–H and O–H groups in total. The minimum atomic E-state index is -4.39. The lowest BCUT2D eigenvalue weighted by Gasteiger charge is -2.16.